The first kappa shape index (κ1) is 13.8. The van der Waals surface area contributed by atoms with Gasteiger partial charge in [0, 0.05) is 43.6 Å². The first-order chi connectivity index (χ1) is 10.2. The summed E-state index contributed by atoms with van der Waals surface area (Å²) >= 11 is 0. The lowest BCUT2D eigenvalue weighted by Gasteiger charge is -2.17. The molecule has 1 saturated heterocycles. The molecule has 0 amide bonds. The van der Waals surface area contributed by atoms with Crippen molar-refractivity contribution in [3.63, 3.8) is 0 Å². The minimum atomic E-state index is -0.599. The van der Waals surface area contributed by atoms with Gasteiger partial charge in [0.1, 0.15) is 11.6 Å². The van der Waals surface area contributed by atoms with E-state index in [0.29, 0.717) is 12.5 Å². The van der Waals surface area contributed by atoms with Crippen molar-refractivity contribution in [3.8, 4) is 0 Å². The van der Waals surface area contributed by atoms with E-state index in [1.54, 1.807) is 18.5 Å². The second kappa shape index (κ2) is 6.09. The fourth-order valence-corrected chi connectivity index (χ4v) is 2.46. The summed E-state index contributed by atoms with van der Waals surface area (Å²) in [6.45, 7) is 1.71. The van der Waals surface area contributed by atoms with Crippen LogP contribution in [0, 0.1) is 11.6 Å². The molecule has 5 nitrogen and oxygen atoms in total. The van der Waals surface area contributed by atoms with E-state index in [1.165, 1.54) is 0 Å². The average molecular weight is 291 g/mol. The van der Waals surface area contributed by atoms with Crippen LogP contribution in [0.15, 0.2) is 30.9 Å². The lowest BCUT2D eigenvalue weighted by molar-refractivity contribution is 0.315. The standard InChI is InChI=1S/C14H15F2N5/c15-12-6-17-7-13(16)11(12)9-21-5-2-10(8-21)20-14-18-3-1-4-19-14/h1,3-4,6-7,10H,2,5,8-9H2,(H,18,19,20). The number of nitrogens with zero attached hydrogens (tertiary/aromatic N) is 4. The Bertz CT molecular complexity index is 587. The maximum atomic E-state index is 13.6. The van der Waals surface area contributed by atoms with Gasteiger partial charge >= 0.3 is 0 Å². The van der Waals surface area contributed by atoms with Crippen LogP contribution in [-0.4, -0.2) is 39.0 Å². The van der Waals surface area contributed by atoms with Gasteiger partial charge in [-0.3, -0.25) is 9.88 Å². The normalized spacial score (nSPS) is 18.9. The SMILES string of the molecule is Fc1cncc(F)c1CN1CCC(Nc2ncccn2)C1. The molecule has 0 bridgehead atoms. The highest BCUT2D eigenvalue weighted by Crippen LogP contribution is 2.18. The fourth-order valence-electron chi connectivity index (χ4n) is 2.46. The summed E-state index contributed by atoms with van der Waals surface area (Å²) in [6, 6.07) is 1.93. The summed E-state index contributed by atoms with van der Waals surface area (Å²) in [5.74, 6) is -0.624. The Labute approximate surface area is 121 Å². The molecule has 0 aliphatic carbocycles. The van der Waals surface area contributed by atoms with Crippen molar-refractivity contribution in [2.24, 2.45) is 0 Å². The van der Waals surface area contributed by atoms with Crippen LogP contribution in [0.25, 0.3) is 0 Å². The molecule has 0 aromatic carbocycles. The zero-order chi connectivity index (χ0) is 14.7. The van der Waals surface area contributed by atoms with Crippen molar-refractivity contribution in [1.29, 1.82) is 0 Å². The van der Waals surface area contributed by atoms with Crippen LogP contribution < -0.4 is 5.32 Å². The molecule has 21 heavy (non-hydrogen) atoms. The van der Waals surface area contributed by atoms with Crippen LogP contribution >= 0.6 is 0 Å². The van der Waals surface area contributed by atoms with Crippen molar-refractivity contribution in [2.45, 2.75) is 19.0 Å². The zero-order valence-electron chi connectivity index (χ0n) is 11.3. The van der Waals surface area contributed by atoms with Gasteiger partial charge in [0.15, 0.2) is 0 Å². The van der Waals surface area contributed by atoms with Gasteiger partial charge in [0.05, 0.1) is 12.4 Å². The first-order valence-corrected chi connectivity index (χ1v) is 6.76. The lowest BCUT2D eigenvalue weighted by Crippen LogP contribution is -2.27. The maximum absolute atomic E-state index is 13.6. The second-order valence-corrected chi connectivity index (χ2v) is 5.02. The van der Waals surface area contributed by atoms with E-state index in [0.717, 1.165) is 25.4 Å². The number of aromatic nitrogens is 3. The van der Waals surface area contributed by atoms with Crippen molar-refractivity contribution in [1.82, 2.24) is 19.9 Å². The predicted molar refractivity (Wildman–Crippen MR) is 73.5 cm³/mol. The molecular formula is C14H15F2N5. The molecule has 1 aliphatic rings. The molecule has 2 aromatic heterocycles. The third-order valence-electron chi connectivity index (χ3n) is 3.51. The van der Waals surface area contributed by atoms with Gasteiger partial charge in [-0.05, 0) is 12.5 Å². The van der Waals surface area contributed by atoms with Crippen LogP contribution in [0.4, 0.5) is 14.7 Å². The van der Waals surface area contributed by atoms with Gasteiger partial charge in [-0.25, -0.2) is 18.7 Å². The average Bonchev–Trinajstić information content (AvgIpc) is 2.91. The molecule has 0 saturated carbocycles. The fraction of sp³-hybridized carbons (Fsp3) is 0.357. The minimum Gasteiger partial charge on any atom is -0.350 e. The van der Waals surface area contributed by atoms with Crippen molar-refractivity contribution in [2.75, 3.05) is 18.4 Å². The highest BCUT2D eigenvalue weighted by atomic mass is 19.1. The van der Waals surface area contributed by atoms with Crippen LogP contribution in [0.3, 0.4) is 0 Å². The Hall–Kier alpha value is -2.15. The predicted octanol–water partition coefficient (Wildman–Crippen LogP) is 1.84. The van der Waals surface area contributed by atoms with E-state index in [-0.39, 0.29) is 18.2 Å². The second-order valence-electron chi connectivity index (χ2n) is 5.02. The van der Waals surface area contributed by atoms with Crippen molar-refractivity contribution in [3.05, 3.63) is 48.1 Å². The molecule has 3 heterocycles. The number of likely N-dealkylation sites (tertiary alicyclic amines) is 1. The quantitative estimate of drug-likeness (QED) is 0.931. The molecule has 0 radical (unpaired) electrons. The number of rotatable bonds is 4. The molecule has 2 aromatic rings. The number of hydrogen-bond acceptors (Lipinski definition) is 5. The molecule has 1 atom stereocenters. The number of hydrogen-bond donors (Lipinski definition) is 1. The molecule has 1 unspecified atom stereocenters. The lowest BCUT2D eigenvalue weighted by atomic mass is 10.2. The van der Waals surface area contributed by atoms with E-state index in [4.69, 9.17) is 0 Å². The third kappa shape index (κ3) is 3.30. The maximum Gasteiger partial charge on any atom is 0.222 e. The smallest absolute Gasteiger partial charge is 0.222 e. The Morgan fingerprint density at radius 3 is 2.62 bits per heavy atom. The van der Waals surface area contributed by atoms with E-state index in [9.17, 15) is 8.78 Å². The van der Waals surface area contributed by atoms with Gasteiger partial charge in [-0.1, -0.05) is 0 Å². The molecule has 0 spiro atoms. The summed E-state index contributed by atoms with van der Waals surface area (Å²) in [6.07, 6.45) is 6.31. The minimum absolute atomic E-state index is 0.0709. The number of halogens is 2. The summed E-state index contributed by atoms with van der Waals surface area (Å²) in [7, 11) is 0. The van der Waals surface area contributed by atoms with Crippen molar-refractivity contribution < 1.29 is 8.78 Å². The van der Waals surface area contributed by atoms with Gasteiger partial charge in [-0.2, -0.15) is 0 Å². The summed E-state index contributed by atoms with van der Waals surface area (Å²) in [5, 5.41) is 3.22. The first-order valence-electron chi connectivity index (χ1n) is 6.76. The summed E-state index contributed by atoms with van der Waals surface area (Å²) in [4.78, 5) is 13.7. The van der Waals surface area contributed by atoms with Crippen molar-refractivity contribution >= 4 is 5.95 Å². The summed E-state index contributed by atoms with van der Waals surface area (Å²) < 4.78 is 27.2. The molecular weight excluding hydrogens is 276 g/mol. The Morgan fingerprint density at radius 2 is 1.90 bits per heavy atom. The highest BCUT2D eigenvalue weighted by Gasteiger charge is 2.24. The largest absolute Gasteiger partial charge is 0.350 e. The van der Waals surface area contributed by atoms with Crippen LogP contribution in [0.5, 0.6) is 0 Å². The molecule has 3 rings (SSSR count). The van der Waals surface area contributed by atoms with Crippen LogP contribution in [0.2, 0.25) is 0 Å². The third-order valence-corrected chi connectivity index (χ3v) is 3.51. The van der Waals surface area contributed by atoms with Gasteiger partial charge in [0.25, 0.3) is 0 Å². The number of nitrogens with one attached hydrogen (secondary N) is 1. The number of pyridine rings is 1. The Kier molecular flexibility index (Phi) is 4.01. The molecule has 1 N–H and O–H groups in total. The van der Waals surface area contributed by atoms with Gasteiger partial charge in [0.2, 0.25) is 5.95 Å². The van der Waals surface area contributed by atoms with E-state index >= 15 is 0 Å². The molecule has 7 heteroatoms. The van der Waals surface area contributed by atoms with Crippen LogP contribution in [0.1, 0.15) is 12.0 Å². The molecule has 1 fully saturated rings. The summed E-state index contributed by atoms with van der Waals surface area (Å²) in [5.41, 5.74) is 0.0709. The van der Waals surface area contributed by atoms with E-state index in [2.05, 4.69) is 20.3 Å². The van der Waals surface area contributed by atoms with Crippen LogP contribution in [-0.2, 0) is 6.54 Å². The number of anilines is 1. The Balaban J connectivity index is 1.60. The highest BCUT2D eigenvalue weighted by molar-refractivity contribution is 5.25. The topological polar surface area (TPSA) is 53.9 Å². The Morgan fingerprint density at radius 1 is 1.19 bits per heavy atom. The monoisotopic (exact) mass is 291 g/mol. The molecule has 1 aliphatic heterocycles. The van der Waals surface area contributed by atoms with Gasteiger partial charge < -0.3 is 5.32 Å². The zero-order valence-corrected chi connectivity index (χ0v) is 11.3. The molecule has 110 valence electrons. The van der Waals surface area contributed by atoms with Gasteiger partial charge in [-0.15, -0.1) is 0 Å². The van der Waals surface area contributed by atoms with E-state index in [1.807, 2.05) is 4.90 Å². The van der Waals surface area contributed by atoms with E-state index < -0.39 is 11.6 Å².